The molecule has 2 amide bonds. The molecule has 0 atom stereocenters. The van der Waals surface area contributed by atoms with Crippen molar-refractivity contribution in [2.45, 2.75) is 32.3 Å². The Kier molecular flexibility index (Phi) is 7.81. The molecule has 0 saturated carbocycles. The summed E-state index contributed by atoms with van der Waals surface area (Å²) < 4.78 is 0. The quantitative estimate of drug-likeness (QED) is 0.540. The molecule has 1 fully saturated rings. The lowest BCUT2D eigenvalue weighted by atomic mass is 10.1. The molecule has 0 bridgehead atoms. The zero-order valence-corrected chi connectivity index (χ0v) is 18.7. The standard InChI is InChI=1S/C22H29N5O2S/c1-4-18-7-5-6-8-19(18)25-20(28)14-26-9-11-27(12-10-26)21(29)15-30-22-23-16(2)13-17(3)24-22/h5-8,13H,4,9-12,14-15H2,1-3H3,(H,25,28). The number of thioether (sulfide) groups is 1. The highest BCUT2D eigenvalue weighted by Crippen LogP contribution is 2.17. The largest absolute Gasteiger partial charge is 0.339 e. The number of carbonyl (C=O) groups excluding carboxylic acids is 2. The van der Waals surface area contributed by atoms with Crippen LogP contribution in [0.25, 0.3) is 0 Å². The molecule has 0 aliphatic carbocycles. The van der Waals surface area contributed by atoms with E-state index in [1.807, 2.05) is 49.1 Å². The second-order valence-corrected chi connectivity index (χ2v) is 8.38. The Morgan fingerprint density at radius 2 is 1.73 bits per heavy atom. The van der Waals surface area contributed by atoms with Gasteiger partial charge in [-0.25, -0.2) is 9.97 Å². The molecule has 0 spiro atoms. The van der Waals surface area contributed by atoms with Crippen LogP contribution in [-0.4, -0.2) is 70.1 Å². The third kappa shape index (κ3) is 6.27. The summed E-state index contributed by atoms with van der Waals surface area (Å²) in [7, 11) is 0. The number of aryl methyl sites for hydroxylation is 3. The molecule has 1 aromatic carbocycles. The van der Waals surface area contributed by atoms with E-state index in [2.05, 4.69) is 27.1 Å². The van der Waals surface area contributed by atoms with E-state index < -0.39 is 0 Å². The number of hydrogen-bond donors (Lipinski definition) is 1. The molecular weight excluding hydrogens is 398 g/mol. The van der Waals surface area contributed by atoms with E-state index in [0.717, 1.165) is 29.1 Å². The van der Waals surface area contributed by atoms with Crippen LogP contribution in [0.3, 0.4) is 0 Å². The SMILES string of the molecule is CCc1ccccc1NC(=O)CN1CCN(C(=O)CSc2nc(C)cc(C)n2)CC1. The molecule has 30 heavy (non-hydrogen) atoms. The summed E-state index contributed by atoms with van der Waals surface area (Å²) >= 11 is 1.38. The number of hydrogen-bond acceptors (Lipinski definition) is 6. The molecule has 7 nitrogen and oxygen atoms in total. The molecule has 1 saturated heterocycles. The van der Waals surface area contributed by atoms with Gasteiger partial charge in [0, 0.05) is 43.3 Å². The van der Waals surface area contributed by atoms with Crippen LogP contribution in [0.1, 0.15) is 23.9 Å². The first-order valence-electron chi connectivity index (χ1n) is 10.3. The lowest BCUT2D eigenvalue weighted by Gasteiger charge is -2.34. The van der Waals surface area contributed by atoms with Crippen molar-refractivity contribution >= 4 is 29.3 Å². The van der Waals surface area contributed by atoms with Gasteiger partial charge in [0.2, 0.25) is 11.8 Å². The fraction of sp³-hybridized carbons (Fsp3) is 0.455. The van der Waals surface area contributed by atoms with Crippen LogP contribution in [0.4, 0.5) is 5.69 Å². The number of para-hydroxylation sites is 1. The van der Waals surface area contributed by atoms with Gasteiger partial charge in [-0.1, -0.05) is 36.9 Å². The third-order valence-corrected chi connectivity index (χ3v) is 5.88. The van der Waals surface area contributed by atoms with Crippen LogP contribution in [0.15, 0.2) is 35.5 Å². The van der Waals surface area contributed by atoms with Crippen LogP contribution in [0.2, 0.25) is 0 Å². The van der Waals surface area contributed by atoms with Crippen molar-refractivity contribution in [3.8, 4) is 0 Å². The Bertz CT molecular complexity index is 877. The molecular formula is C22H29N5O2S. The zero-order chi connectivity index (χ0) is 21.5. The van der Waals surface area contributed by atoms with Gasteiger partial charge in [-0.2, -0.15) is 0 Å². The maximum atomic E-state index is 12.5. The smallest absolute Gasteiger partial charge is 0.238 e. The predicted molar refractivity (Wildman–Crippen MR) is 120 cm³/mol. The van der Waals surface area contributed by atoms with Crippen molar-refractivity contribution in [3.05, 3.63) is 47.3 Å². The first-order chi connectivity index (χ1) is 14.4. The van der Waals surface area contributed by atoms with Crippen molar-refractivity contribution < 1.29 is 9.59 Å². The zero-order valence-electron chi connectivity index (χ0n) is 17.9. The van der Waals surface area contributed by atoms with Crippen molar-refractivity contribution in [2.75, 3.05) is 43.8 Å². The first-order valence-corrected chi connectivity index (χ1v) is 11.3. The van der Waals surface area contributed by atoms with Gasteiger partial charge in [0.15, 0.2) is 5.16 Å². The number of anilines is 1. The van der Waals surface area contributed by atoms with E-state index in [9.17, 15) is 9.59 Å². The third-order valence-electron chi connectivity index (χ3n) is 5.05. The lowest BCUT2D eigenvalue weighted by molar-refractivity contribution is -0.130. The molecule has 1 aliphatic heterocycles. The number of piperazine rings is 1. The summed E-state index contributed by atoms with van der Waals surface area (Å²) in [4.78, 5) is 37.7. The Morgan fingerprint density at radius 3 is 2.40 bits per heavy atom. The van der Waals surface area contributed by atoms with Crippen LogP contribution in [-0.2, 0) is 16.0 Å². The fourth-order valence-electron chi connectivity index (χ4n) is 3.47. The minimum atomic E-state index is -0.0156. The molecule has 0 radical (unpaired) electrons. The van der Waals surface area contributed by atoms with Gasteiger partial charge >= 0.3 is 0 Å². The number of rotatable bonds is 7. The number of aromatic nitrogens is 2. The lowest BCUT2D eigenvalue weighted by Crippen LogP contribution is -2.50. The Balaban J connectivity index is 1.42. The summed E-state index contributed by atoms with van der Waals surface area (Å²) in [5.41, 5.74) is 3.83. The van der Waals surface area contributed by atoms with E-state index >= 15 is 0 Å². The Morgan fingerprint density at radius 1 is 1.07 bits per heavy atom. The van der Waals surface area contributed by atoms with E-state index in [1.54, 1.807) is 0 Å². The maximum Gasteiger partial charge on any atom is 0.238 e. The molecule has 1 N–H and O–H groups in total. The van der Waals surface area contributed by atoms with E-state index in [-0.39, 0.29) is 11.8 Å². The minimum Gasteiger partial charge on any atom is -0.339 e. The number of amides is 2. The molecule has 2 aromatic rings. The number of nitrogens with one attached hydrogen (secondary N) is 1. The summed E-state index contributed by atoms with van der Waals surface area (Å²) in [6.45, 7) is 8.92. The summed E-state index contributed by atoms with van der Waals surface area (Å²) in [5.74, 6) is 0.402. The highest BCUT2D eigenvalue weighted by atomic mass is 32.2. The van der Waals surface area contributed by atoms with Crippen LogP contribution in [0.5, 0.6) is 0 Å². The molecule has 2 heterocycles. The number of carbonyl (C=O) groups is 2. The maximum absolute atomic E-state index is 12.5. The summed E-state index contributed by atoms with van der Waals surface area (Å²) in [6.07, 6.45) is 0.877. The van der Waals surface area contributed by atoms with Gasteiger partial charge in [0.25, 0.3) is 0 Å². The first kappa shape index (κ1) is 22.2. The highest BCUT2D eigenvalue weighted by Gasteiger charge is 2.23. The van der Waals surface area contributed by atoms with E-state index in [4.69, 9.17) is 0 Å². The molecule has 3 rings (SSSR count). The van der Waals surface area contributed by atoms with Gasteiger partial charge in [0.1, 0.15) is 0 Å². The average molecular weight is 428 g/mol. The topological polar surface area (TPSA) is 78.4 Å². The van der Waals surface area contributed by atoms with Gasteiger partial charge in [-0.15, -0.1) is 0 Å². The average Bonchev–Trinajstić information content (AvgIpc) is 2.72. The molecule has 8 heteroatoms. The highest BCUT2D eigenvalue weighted by molar-refractivity contribution is 7.99. The molecule has 1 aromatic heterocycles. The van der Waals surface area contributed by atoms with Crippen molar-refractivity contribution in [1.82, 2.24) is 19.8 Å². The summed E-state index contributed by atoms with van der Waals surface area (Å²) in [5, 5.41) is 3.65. The van der Waals surface area contributed by atoms with Crippen molar-refractivity contribution in [2.24, 2.45) is 0 Å². The molecule has 1 aliphatic rings. The van der Waals surface area contributed by atoms with Crippen LogP contribution < -0.4 is 5.32 Å². The minimum absolute atomic E-state index is 0.0156. The Labute approximate surface area is 182 Å². The summed E-state index contributed by atoms with van der Waals surface area (Å²) in [6, 6.07) is 9.79. The second-order valence-electron chi connectivity index (χ2n) is 7.44. The van der Waals surface area contributed by atoms with Crippen molar-refractivity contribution in [3.63, 3.8) is 0 Å². The van der Waals surface area contributed by atoms with Gasteiger partial charge in [-0.05, 0) is 38.0 Å². The molecule has 0 unspecified atom stereocenters. The number of benzene rings is 1. The Hall–Kier alpha value is -2.45. The normalized spacial score (nSPS) is 14.6. The molecule has 160 valence electrons. The number of nitrogens with zero attached hydrogens (tertiary/aromatic N) is 4. The van der Waals surface area contributed by atoms with Gasteiger partial charge in [0.05, 0.1) is 12.3 Å². The van der Waals surface area contributed by atoms with Crippen LogP contribution in [0, 0.1) is 13.8 Å². The second kappa shape index (κ2) is 10.5. The van der Waals surface area contributed by atoms with Gasteiger partial charge in [-0.3, -0.25) is 14.5 Å². The van der Waals surface area contributed by atoms with Crippen LogP contribution >= 0.6 is 11.8 Å². The van der Waals surface area contributed by atoms with Crippen molar-refractivity contribution in [1.29, 1.82) is 0 Å². The fourth-order valence-corrected chi connectivity index (χ4v) is 4.33. The predicted octanol–water partition coefficient (Wildman–Crippen LogP) is 2.53. The monoisotopic (exact) mass is 427 g/mol. The van der Waals surface area contributed by atoms with E-state index in [0.29, 0.717) is 43.6 Å². The van der Waals surface area contributed by atoms with Gasteiger partial charge < -0.3 is 10.2 Å². The van der Waals surface area contributed by atoms with E-state index in [1.165, 1.54) is 11.8 Å².